The number of piperidine rings is 1. The van der Waals surface area contributed by atoms with Crippen molar-refractivity contribution in [1.29, 1.82) is 5.26 Å². The molecule has 1 heterocycles. The zero-order chi connectivity index (χ0) is 16.8. The molecule has 0 radical (unpaired) electrons. The highest BCUT2D eigenvalue weighted by Crippen LogP contribution is 2.27. The Morgan fingerprint density at radius 1 is 1.39 bits per heavy atom. The van der Waals surface area contributed by atoms with Gasteiger partial charge in [0, 0.05) is 25.9 Å². The third-order valence-electron chi connectivity index (χ3n) is 4.43. The van der Waals surface area contributed by atoms with E-state index in [-0.39, 0.29) is 12.1 Å². The fourth-order valence-electron chi connectivity index (χ4n) is 2.89. The van der Waals surface area contributed by atoms with E-state index in [4.69, 9.17) is 4.74 Å². The van der Waals surface area contributed by atoms with E-state index in [0.29, 0.717) is 18.1 Å². The zero-order valence-corrected chi connectivity index (χ0v) is 14.2. The summed E-state index contributed by atoms with van der Waals surface area (Å²) in [5.74, 6) is 0.434. The molecule has 0 bridgehead atoms. The van der Waals surface area contributed by atoms with Crippen molar-refractivity contribution >= 4 is 11.4 Å². The number of ether oxygens (including phenoxy) is 1. The van der Waals surface area contributed by atoms with Gasteiger partial charge in [0.15, 0.2) is 0 Å². The maximum atomic E-state index is 9.63. The minimum absolute atomic E-state index is 0.210. The van der Waals surface area contributed by atoms with Crippen molar-refractivity contribution in [3.63, 3.8) is 0 Å². The summed E-state index contributed by atoms with van der Waals surface area (Å²) in [5.41, 5.74) is 2.57. The summed E-state index contributed by atoms with van der Waals surface area (Å²) in [5, 5.41) is 22.6. The van der Waals surface area contributed by atoms with Crippen molar-refractivity contribution in [1.82, 2.24) is 0 Å². The summed E-state index contributed by atoms with van der Waals surface area (Å²) < 4.78 is 5.26. The van der Waals surface area contributed by atoms with Crippen LogP contribution >= 0.6 is 0 Å². The molecule has 1 aromatic carbocycles. The Labute approximate surface area is 138 Å². The summed E-state index contributed by atoms with van der Waals surface area (Å²) in [6.45, 7) is 6.51. The van der Waals surface area contributed by atoms with Gasteiger partial charge >= 0.3 is 0 Å². The molecule has 0 amide bonds. The Morgan fingerprint density at radius 2 is 2.09 bits per heavy atom. The number of methoxy groups -OCH3 is 1. The van der Waals surface area contributed by atoms with Gasteiger partial charge in [0.1, 0.15) is 6.07 Å². The molecule has 2 N–H and O–H groups in total. The van der Waals surface area contributed by atoms with Gasteiger partial charge in [-0.3, -0.25) is 0 Å². The second-order valence-electron chi connectivity index (χ2n) is 6.51. The van der Waals surface area contributed by atoms with Crippen molar-refractivity contribution in [2.45, 2.75) is 38.8 Å². The van der Waals surface area contributed by atoms with Gasteiger partial charge < -0.3 is 20.1 Å². The van der Waals surface area contributed by atoms with Crippen LogP contribution in [-0.4, -0.2) is 44.1 Å². The first-order chi connectivity index (χ1) is 11.0. The average Bonchev–Trinajstić information content (AvgIpc) is 2.55. The summed E-state index contributed by atoms with van der Waals surface area (Å²) in [6, 6.07) is 8.45. The molecule has 2 rings (SSSR count). The predicted octanol–water partition coefficient (Wildman–Crippen LogP) is 2.60. The van der Waals surface area contributed by atoms with Crippen LogP contribution in [0, 0.1) is 17.2 Å². The van der Waals surface area contributed by atoms with Crippen LogP contribution in [0.25, 0.3) is 0 Å². The third-order valence-corrected chi connectivity index (χ3v) is 4.43. The van der Waals surface area contributed by atoms with Crippen LogP contribution in [-0.2, 0) is 4.74 Å². The second-order valence-corrected chi connectivity index (χ2v) is 6.51. The fourth-order valence-corrected chi connectivity index (χ4v) is 2.89. The molecule has 1 atom stereocenters. The molecule has 1 fully saturated rings. The van der Waals surface area contributed by atoms with Crippen molar-refractivity contribution in [2.75, 3.05) is 37.0 Å². The Balaban J connectivity index is 2.14. The Hall–Kier alpha value is -1.77. The molecule has 1 unspecified atom stereocenters. The lowest BCUT2D eigenvalue weighted by molar-refractivity contribution is 0.145. The van der Waals surface area contributed by atoms with E-state index in [1.807, 2.05) is 18.2 Å². The molecular formula is C18H27N3O2. The number of hydrogen-bond donors (Lipinski definition) is 2. The first-order valence-electron chi connectivity index (χ1n) is 8.27. The number of anilines is 2. The minimum atomic E-state index is -0.210. The number of aliphatic hydroxyl groups excluding tert-OH is 1. The Bertz CT molecular complexity index is 546. The molecule has 0 spiro atoms. The highest BCUT2D eigenvalue weighted by atomic mass is 16.5. The van der Waals surface area contributed by atoms with Crippen molar-refractivity contribution in [2.24, 2.45) is 5.92 Å². The maximum absolute atomic E-state index is 9.63. The third kappa shape index (κ3) is 4.60. The van der Waals surface area contributed by atoms with E-state index >= 15 is 0 Å². The lowest BCUT2D eigenvalue weighted by Crippen LogP contribution is -2.36. The van der Waals surface area contributed by atoms with Gasteiger partial charge in [0.25, 0.3) is 0 Å². The standard InChI is InChI=1S/C18H27N3O2/c1-13(2)17(12-23-3)20-15-4-5-18(14(10-15)11-19)21-8-6-16(22)7-9-21/h4-5,10,13,16-17,20,22H,6-9,12H2,1-3H3. The lowest BCUT2D eigenvalue weighted by atomic mass is 10.0. The summed E-state index contributed by atoms with van der Waals surface area (Å²) in [6.07, 6.45) is 1.31. The van der Waals surface area contributed by atoms with E-state index in [9.17, 15) is 10.4 Å². The summed E-state index contributed by atoms with van der Waals surface area (Å²) in [4.78, 5) is 2.18. The molecule has 5 nitrogen and oxygen atoms in total. The van der Waals surface area contributed by atoms with Crippen LogP contribution in [0.4, 0.5) is 11.4 Å². The lowest BCUT2D eigenvalue weighted by Gasteiger charge is -2.32. The predicted molar refractivity (Wildman–Crippen MR) is 92.7 cm³/mol. The first kappa shape index (κ1) is 17.6. The van der Waals surface area contributed by atoms with Gasteiger partial charge in [0.05, 0.1) is 30.0 Å². The highest BCUT2D eigenvalue weighted by molar-refractivity contribution is 5.65. The van der Waals surface area contributed by atoms with Crippen LogP contribution in [0.15, 0.2) is 18.2 Å². The first-order valence-corrected chi connectivity index (χ1v) is 8.27. The van der Waals surface area contributed by atoms with Gasteiger partial charge in [-0.05, 0) is 37.0 Å². The maximum Gasteiger partial charge on any atom is 0.101 e. The van der Waals surface area contributed by atoms with Gasteiger partial charge in [-0.2, -0.15) is 5.26 Å². The van der Waals surface area contributed by atoms with E-state index < -0.39 is 0 Å². The van der Waals surface area contributed by atoms with Crippen molar-refractivity contribution < 1.29 is 9.84 Å². The van der Waals surface area contributed by atoms with Gasteiger partial charge in [0.2, 0.25) is 0 Å². The molecule has 23 heavy (non-hydrogen) atoms. The monoisotopic (exact) mass is 317 g/mol. The number of hydrogen-bond acceptors (Lipinski definition) is 5. The molecule has 0 aromatic heterocycles. The molecule has 0 saturated carbocycles. The largest absolute Gasteiger partial charge is 0.393 e. The van der Waals surface area contributed by atoms with Gasteiger partial charge in [-0.1, -0.05) is 13.8 Å². The van der Waals surface area contributed by atoms with Crippen molar-refractivity contribution in [3.8, 4) is 6.07 Å². The molecule has 1 aliphatic heterocycles. The summed E-state index contributed by atoms with van der Waals surface area (Å²) in [7, 11) is 1.70. The zero-order valence-electron chi connectivity index (χ0n) is 14.2. The van der Waals surface area contributed by atoms with E-state index in [0.717, 1.165) is 37.3 Å². The van der Waals surface area contributed by atoms with Crippen LogP contribution < -0.4 is 10.2 Å². The van der Waals surface area contributed by atoms with Gasteiger partial charge in [-0.15, -0.1) is 0 Å². The number of rotatable bonds is 6. The number of nitriles is 1. The molecule has 0 aliphatic carbocycles. The van der Waals surface area contributed by atoms with Gasteiger partial charge in [-0.25, -0.2) is 0 Å². The van der Waals surface area contributed by atoms with Crippen molar-refractivity contribution in [3.05, 3.63) is 23.8 Å². The molecular weight excluding hydrogens is 290 g/mol. The highest BCUT2D eigenvalue weighted by Gasteiger charge is 2.20. The topological polar surface area (TPSA) is 68.5 Å². The number of nitrogens with one attached hydrogen (secondary N) is 1. The number of benzene rings is 1. The van der Waals surface area contributed by atoms with E-state index in [1.54, 1.807) is 7.11 Å². The van der Waals surface area contributed by atoms with Crippen LogP contribution in [0.1, 0.15) is 32.3 Å². The Morgan fingerprint density at radius 3 is 2.65 bits per heavy atom. The SMILES string of the molecule is COCC(Nc1ccc(N2CCC(O)CC2)c(C#N)c1)C(C)C. The Kier molecular flexibility index (Phi) is 6.26. The van der Waals surface area contributed by atoms with Crippen LogP contribution in [0.5, 0.6) is 0 Å². The molecule has 5 heteroatoms. The number of aliphatic hydroxyl groups is 1. The van der Waals surface area contributed by atoms with E-state index in [1.165, 1.54) is 0 Å². The van der Waals surface area contributed by atoms with E-state index in [2.05, 4.69) is 30.1 Å². The van der Waals surface area contributed by atoms with Crippen LogP contribution in [0.3, 0.4) is 0 Å². The second kappa shape index (κ2) is 8.19. The van der Waals surface area contributed by atoms with Crippen LogP contribution in [0.2, 0.25) is 0 Å². The average molecular weight is 317 g/mol. The number of nitrogens with zero attached hydrogens (tertiary/aromatic N) is 2. The minimum Gasteiger partial charge on any atom is -0.393 e. The molecule has 1 aliphatic rings. The smallest absolute Gasteiger partial charge is 0.101 e. The summed E-state index contributed by atoms with van der Waals surface area (Å²) >= 11 is 0. The molecule has 126 valence electrons. The molecule has 1 saturated heterocycles. The quantitative estimate of drug-likeness (QED) is 0.844. The fraction of sp³-hybridized carbons (Fsp3) is 0.611. The normalized spacial score (nSPS) is 17.1. The molecule has 1 aromatic rings.